The summed E-state index contributed by atoms with van der Waals surface area (Å²) in [6, 6.07) is 0. The van der Waals surface area contributed by atoms with Crippen molar-refractivity contribution in [3.63, 3.8) is 0 Å². The molecular formula is C18H21N4O3-. The van der Waals surface area contributed by atoms with E-state index in [4.69, 9.17) is 5.11 Å². The van der Waals surface area contributed by atoms with Gasteiger partial charge in [-0.05, 0) is 37.8 Å². The Morgan fingerprint density at radius 2 is 2.08 bits per heavy atom. The maximum absolute atomic E-state index is 10.6. The molecule has 1 aromatic rings. The highest BCUT2D eigenvalue weighted by Crippen LogP contribution is 2.35. The van der Waals surface area contributed by atoms with Crippen LogP contribution in [0.1, 0.15) is 44.9 Å². The third-order valence-corrected chi connectivity index (χ3v) is 3.86. The van der Waals surface area contributed by atoms with Crippen LogP contribution in [-0.4, -0.2) is 31.7 Å². The SMILES string of the molecule is CC(/C=C/C1=C(O)CCC[C@@H]1c1nnn[n-]1)=C\C=C\C(C)=C\C(=O)O. The van der Waals surface area contributed by atoms with Crippen molar-refractivity contribution in [3.05, 3.63) is 64.8 Å². The number of tetrazole rings is 1. The van der Waals surface area contributed by atoms with Crippen LogP contribution in [0.25, 0.3) is 0 Å². The summed E-state index contributed by atoms with van der Waals surface area (Å²) in [5.74, 6) is -0.181. The lowest BCUT2D eigenvalue weighted by Crippen LogP contribution is -2.12. The highest BCUT2D eigenvalue weighted by atomic mass is 16.4. The summed E-state index contributed by atoms with van der Waals surface area (Å²) in [4.78, 5) is 10.6. The summed E-state index contributed by atoms with van der Waals surface area (Å²) in [5, 5.41) is 33.8. The van der Waals surface area contributed by atoms with Crippen molar-refractivity contribution in [2.75, 3.05) is 0 Å². The van der Waals surface area contributed by atoms with E-state index in [2.05, 4.69) is 20.6 Å². The van der Waals surface area contributed by atoms with Gasteiger partial charge in [0.05, 0.1) is 5.76 Å². The molecule has 1 heterocycles. The van der Waals surface area contributed by atoms with Crippen LogP contribution in [0.5, 0.6) is 0 Å². The van der Waals surface area contributed by atoms with Gasteiger partial charge in [0.1, 0.15) is 0 Å². The Bertz CT molecular complexity index is 755. The lowest BCUT2D eigenvalue weighted by molar-refractivity contribution is -0.131. The van der Waals surface area contributed by atoms with Crippen LogP contribution < -0.4 is 5.10 Å². The largest absolute Gasteiger partial charge is 0.512 e. The Hall–Kier alpha value is -2.96. The molecule has 2 N–H and O–H groups in total. The summed E-state index contributed by atoms with van der Waals surface area (Å²) < 4.78 is 0. The van der Waals surface area contributed by atoms with Gasteiger partial charge in [0, 0.05) is 24.2 Å². The van der Waals surface area contributed by atoms with E-state index in [1.54, 1.807) is 19.1 Å². The highest BCUT2D eigenvalue weighted by molar-refractivity contribution is 5.81. The standard InChI is InChI=1S/C18H22N4O3/c1-12(5-3-6-13(2)11-17(24)25)9-10-14-15(7-4-8-16(14)23)18-19-21-22-20-18/h3,5-6,9-11,15H,4,7-8H2,1-2H3,(H3,19,20,21,22,23,24,25)/p-1/b6-3+,10-9+,12-5+,13-11+/t15-/m0/s1. The van der Waals surface area contributed by atoms with Crippen molar-refractivity contribution in [1.82, 2.24) is 20.6 Å². The molecule has 132 valence electrons. The third kappa shape index (κ3) is 5.56. The molecule has 1 aromatic heterocycles. The van der Waals surface area contributed by atoms with Crippen LogP contribution in [0.3, 0.4) is 0 Å². The zero-order valence-electron chi connectivity index (χ0n) is 14.3. The predicted octanol–water partition coefficient (Wildman–Crippen LogP) is 3.00. The van der Waals surface area contributed by atoms with Gasteiger partial charge < -0.3 is 15.3 Å². The predicted molar refractivity (Wildman–Crippen MR) is 92.8 cm³/mol. The quantitative estimate of drug-likeness (QED) is 0.604. The molecule has 1 aliphatic carbocycles. The van der Waals surface area contributed by atoms with Gasteiger partial charge in [-0.3, -0.25) is 10.3 Å². The van der Waals surface area contributed by atoms with Crippen molar-refractivity contribution < 1.29 is 15.0 Å². The topological polar surface area (TPSA) is 110 Å². The first-order chi connectivity index (χ1) is 12.0. The number of nitrogens with zero attached hydrogens (tertiary/aromatic N) is 4. The van der Waals surface area contributed by atoms with Crippen molar-refractivity contribution in [1.29, 1.82) is 0 Å². The zero-order chi connectivity index (χ0) is 18.2. The van der Waals surface area contributed by atoms with E-state index in [-0.39, 0.29) is 5.92 Å². The molecule has 0 aliphatic heterocycles. The minimum absolute atomic E-state index is 0.0934. The molecule has 0 bridgehead atoms. The number of aliphatic hydroxyl groups is 1. The molecule has 0 unspecified atom stereocenters. The minimum atomic E-state index is -0.966. The Morgan fingerprint density at radius 1 is 1.28 bits per heavy atom. The second-order valence-electron chi connectivity index (χ2n) is 5.91. The van der Waals surface area contributed by atoms with Gasteiger partial charge in [-0.2, -0.15) is 5.21 Å². The number of hydrogen-bond acceptors (Lipinski definition) is 5. The number of carboxylic acid groups (broad SMARTS) is 1. The Morgan fingerprint density at radius 3 is 2.76 bits per heavy atom. The average molecular weight is 341 g/mol. The number of carboxylic acids is 1. The normalized spacial score (nSPS) is 20.0. The molecule has 0 saturated carbocycles. The van der Waals surface area contributed by atoms with E-state index in [1.165, 1.54) is 0 Å². The van der Waals surface area contributed by atoms with Gasteiger partial charge in [-0.25, -0.2) is 4.79 Å². The van der Waals surface area contributed by atoms with Gasteiger partial charge in [-0.15, -0.1) is 0 Å². The molecule has 0 aromatic carbocycles. The first kappa shape index (κ1) is 18.4. The van der Waals surface area contributed by atoms with E-state index >= 15 is 0 Å². The van der Waals surface area contributed by atoms with E-state index in [0.29, 0.717) is 23.6 Å². The van der Waals surface area contributed by atoms with Gasteiger partial charge in [0.2, 0.25) is 0 Å². The fourth-order valence-corrected chi connectivity index (χ4v) is 2.62. The maximum Gasteiger partial charge on any atom is 0.328 e. The second kappa shape index (κ2) is 8.77. The molecular weight excluding hydrogens is 320 g/mol. The Kier molecular flexibility index (Phi) is 6.45. The summed E-state index contributed by atoms with van der Waals surface area (Å²) in [6.45, 7) is 3.65. The minimum Gasteiger partial charge on any atom is -0.512 e. The fraction of sp³-hybridized carbons (Fsp3) is 0.333. The molecule has 2 rings (SSSR count). The lowest BCUT2D eigenvalue weighted by atomic mass is 9.85. The zero-order valence-corrected chi connectivity index (χ0v) is 14.3. The number of allylic oxidation sites excluding steroid dienone is 9. The molecule has 7 nitrogen and oxygen atoms in total. The van der Waals surface area contributed by atoms with Crippen LogP contribution in [0.15, 0.2) is 58.9 Å². The summed E-state index contributed by atoms with van der Waals surface area (Å²) in [7, 11) is 0. The van der Waals surface area contributed by atoms with Crippen LogP contribution >= 0.6 is 0 Å². The van der Waals surface area contributed by atoms with Crippen LogP contribution in [0.2, 0.25) is 0 Å². The number of carbonyl (C=O) groups is 1. The molecule has 0 spiro atoms. The molecule has 0 saturated heterocycles. The van der Waals surface area contributed by atoms with E-state index in [1.807, 2.05) is 25.2 Å². The molecule has 0 amide bonds. The van der Waals surface area contributed by atoms with Gasteiger partial charge in [0.25, 0.3) is 0 Å². The van der Waals surface area contributed by atoms with Gasteiger partial charge in [-0.1, -0.05) is 36.0 Å². The number of aliphatic hydroxyl groups excluding tert-OH is 1. The Balaban J connectivity index is 2.11. The van der Waals surface area contributed by atoms with Crippen LogP contribution in [0.4, 0.5) is 0 Å². The summed E-state index contributed by atoms with van der Waals surface area (Å²) in [6.07, 6.45) is 12.6. The van der Waals surface area contributed by atoms with E-state index in [9.17, 15) is 9.90 Å². The molecule has 1 aliphatic rings. The van der Waals surface area contributed by atoms with Crippen molar-refractivity contribution in [2.45, 2.75) is 39.0 Å². The van der Waals surface area contributed by atoms with Crippen molar-refractivity contribution in [3.8, 4) is 0 Å². The molecule has 1 atom stereocenters. The molecule has 7 heteroatoms. The first-order valence-corrected chi connectivity index (χ1v) is 8.02. The maximum atomic E-state index is 10.6. The summed E-state index contributed by atoms with van der Waals surface area (Å²) >= 11 is 0. The monoisotopic (exact) mass is 341 g/mol. The number of rotatable bonds is 6. The fourth-order valence-electron chi connectivity index (χ4n) is 2.62. The second-order valence-corrected chi connectivity index (χ2v) is 5.91. The Labute approximate surface area is 146 Å². The van der Waals surface area contributed by atoms with Crippen molar-refractivity contribution >= 4 is 5.97 Å². The van der Waals surface area contributed by atoms with E-state index < -0.39 is 5.97 Å². The average Bonchev–Trinajstić information content (AvgIpc) is 3.07. The first-order valence-electron chi connectivity index (χ1n) is 8.02. The van der Waals surface area contributed by atoms with Crippen LogP contribution in [0, 0.1) is 0 Å². The molecule has 0 fully saturated rings. The summed E-state index contributed by atoms with van der Waals surface area (Å²) in [5.41, 5.74) is 2.41. The number of aliphatic carboxylic acids is 1. The van der Waals surface area contributed by atoms with Crippen LogP contribution in [-0.2, 0) is 4.79 Å². The number of aromatic nitrogens is 4. The highest BCUT2D eigenvalue weighted by Gasteiger charge is 2.22. The van der Waals surface area contributed by atoms with E-state index in [0.717, 1.165) is 30.1 Å². The molecule has 25 heavy (non-hydrogen) atoms. The molecule has 0 radical (unpaired) electrons. The van der Waals surface area contributed by atoms with Crippen molar-refractivity contribution in [2.24, 2.45) is 0 Å². The van der Waals surface area contributed by atoms with Gasteiger partial charge >= 0.3 is 5.97 Å². The number of hydrogen-bond donors (Lipinski definition) is 2. The lowest BCUT2D eigenvalue weighted by Gasteiger charge is -2.24. The smallest absolute Gasteiger partial charge is 0.328 e. The van der Waals surface area contributed by atoms with Gasteiger partial charge in [0.15, 0.2) is 0 Å². The third-order valence-electron chi connectivity index (χ3n) is 3.86.